The summed E-state index contributed by atoms with van der Waals surface area (Å²) in [6.45, 7) is 3.53. The molecule has 0 spiro atoms. The SMILES string of the molecule is CCOC(=O)n1ccc2c(NC(C)=O)cccc21. The number of anilines is 1. The Balaban J connectivity index is 2.48. The Kier molecular flexibility index (Phi) is 3.32. The van der Waals surface area contributed by atoms with Crippen LogP contribution in [0.5, 0.6) is 0 Å². The Morgan fingerprint density at radius 3 is 2.78 bits per heavy atom. The Morgan fingerprint density at radius 2 is 2.11 bits per heavy atom. The zero-order valence-electron chi connectivity index (χ0n) is 10.3. The van der Waals surface area contributed by atoms with Crippen molar-refractivity contribution in [1.29, 1.82) is 0 Å². The smallest absolute Gasteiger partial charge is 0.418 e. The Hall–Kier alpha value is -2.30. The highest BCUT2D eigenvalue weighted by atomic mass is 16.5. The van der Waals surface area contributed by atoms with E-state index in [0.29, 0.717) is 17.8 Å². The summed E-state index contributed by atoms with van der Waals surface area (Å²) in [5.41, 5.74) is 1.39. The van der Waals surface area contributed by atoms with Gasteiger partial charge >= 0.3 is 6.09 Å². The van der Waals surface area contributed by atoms with E-state index in [4.69, 9.17) is 4.74 Å². The van der Waals surface area contributed by atoms with E-state index in [1.165, 1.54) is 11.5 Å². The van der Waals surface area contributed by atoms with Crippen molar-refractivity contribution in [2.75, 3.05) is 11.9 Å². The maximum Gasteiger partial charge on any atom is 0.418 e. The molecule has 0 aliphatic rings. The number of nitrogens with zero attached hydrogens (tertiary/aromatic N) is 1. The second-order valence-corrected chi connectivity index (χ2v) is 3.80. The average molecular weight is 246 g/mol. The van der Waals surface area contributed by atoms with Crippen LogP contribution in [0.2, 0.25) is 0 Å². The van der Waals surface area contributed by atoms with Gasteiger partial charge in [-0.1, -0.05) is 6.07 Å². The standard InChI is InChI=1S/C13H14N2O3/c1-3-18-13(17)15-8-7-10-11(14-9(2)16)5-4-6-12(10)15/h4-8H,3H2,1-2H3,(H,14,16). The topological polar surface area (TPSA) is 60.3 Å². The predicted octanol–water partition coefficient (Wildman–Crippen LogP) is 2.60. The van der Waals surface area contributed by atoms with Gasteiger partial charge in [0.15, 0.2) is 0 Å². The van der Waals surface area contributed by atoms with Crippen LogP contribution in [-0.4, -0.2) is 23.2 Å². The largest absolute Gasteiger partial charge is 0.449 e. The van der Waals surface area contributed by atoms with Crippen molar-refractivity contribution < 1.29 is 14.3 Å². The number of rotatable bonds is 2. The zero-order chi connectivity index (χ0) is 13.1. The first-order valence-corrected chi connectivity index (χ1v) is 5.68. The molecule has 0 saturated carbocycles. The normalized spacial score (nSPS) is 10.3. The van der Waals surface area contributed by atoms with Crippen molar-refractivity contribution >= 4 is 28.6 Å². The fourth-order valence-corrected chi connectivity index (χ4v) is 1.82. The third kappa shape index (κ3) is 2.20. The molecule has 0 saturated heterocycles. The van der Waals surface area contributed by atoms with E-state index in [1.54, 1.807) is 37.4 Å². The van der Waals surface area contributed by atoms with E-state index in [9.17, 15) is 9.59 Å². The molecular formula is C13H14N2O3. The first-order chi connectivity index (χ1) is 8.63. The summed E-state index contributed by atoms with van der Waals surface area (Å²) in [6, 6.07) is 7.15. The molecule has 1 amide bonds. The fourth-order valence-electron chi connectivity index (χ4n) is 1.82. The predicted molar refractivity (Wildman–Crippen MR) is 68.7 cm³/mol. The summed E-state index contributed by atoms with van der Waals surface area (Å²) in [4.78, 5) is 22.8. The third-order valence-corrected chi connectivity index (χ3v) is 2.51. The lowest BCUT2D eigenvalue weighted by Gasteiger charge is -2.06. The van der Waals surface area contributed by atoms with Gasteiger partial charge < -0.3 is 10.1 Å². The summed E-state index contributed by atoms with van der Waals surface area (Å²) in [5.74, 6) is -0.147. The summed E-state index contributed by atoms with van der Waals surface area (Å²) in [7, 11) is 0. The molecule has 1 aromatic heterocycles. The highest BCUT2D eigenvalue weighted by Crippen LogP contribution is 2.24. The lowest BCUT2D eigenvalue weighted by molar-refractivity contribution is -0.114. The van der Waals surface area contributed by atoms with Gasteiger partial charge in [0.05, 0.1) is 17.8 Å². The molecule has 0 radical (unpaired) electrons. The number of ether oxygens (including phenoxy) is 1. The van der Waals surface area contributed by atoms with Gasteiger partial charge in [-0.3, -0.25) is 9.36 Å². The van der Waals surface area contributed by atoms with E-state index in [-0.39, 0.29) is 5.91 Å². The van der Waals surface area contributed by atoms with Gasteiger partial charge in [0, 0.05) is 18.5 Å². The molecule has 1 aromatic carbocycles. The number of benzene rings is 1. The molecule has 0 bridgehead atoms. The highest BCUT2D eigenvalue weighted by molar-refractivity contribution is 6.02. The quantitative estimate of drug-likeness (QED) is 0.886. The first-order valence-electron chi connectivity index (χ1n) is 5.68. The minimum atomic E-state index is -0.424. The molecule has 1 N–H and O–H groups in total. The van der Waals surface area contributed by atoms with Gasteiger partial charge in [0.25, 0.3) is 0 Å². The van der Waals surface area contributed by atoms with Crippen molar-refractivity contribution in [3.05, 3.63) is 30.5 Å². The van der Waals surface area contributed by atoms with Gasteiger partial charge in [-0.25, -0.2) is 4.79 Å². The van der Waals surface area contributed by atoms with Gasteiger partial charge in [0.1, 0.15) is 0 Å². The van der Waals surface area contributed by atoms with Crippen molar-refractivity contribution in [3.63, 3.8) is 0 Å². The van der Waals surface area contributed by atoms with Crippen molar-refractivity contribution in [2.45, 2.75) is 13.8 Å². The van der Waals surface area contributed by atoms with Crippen LogP contribution in [0.15, 0.2) is 30.5 Å². The first kappa shape index (κ1) is 12.2. The number of hydrogen-bond donors (Lipinski definition) is 1. The van der Waals surface area contributed by atoms with Crippen molar-refractivity contribution in [2.24, 2.45) is 0 Å². The molecule has 1 heterocycles. The van der Waals surface area contributed by atoms with E-state index in [1.807, 2.05) is 0 Å². The Labute approximate surface area is 104 Å². The van der Waals surface area contributed by atoms with E-state index in [2.05, 4.69) is 5.32 Å². The van der Waals surface area contributed by atoms with Crippen LogP contribution in [0.1, 0.15) is 13.8 Å². The van der Waals surface area contributed by atoms with Gasteiger partial charge in [-0.15, -0.1) is 0 Å². The summed E-state index contributed by atoms with van der Waals surface area (Å²) < 4.78 is 6.37. The monoisotopic (exact) mass is 246 g/mol. The van der Waals surface area contributed by atoms with Crippen LogP contribution in [0.4, 0.5) is 10.5 Å². The molecule has 94 valence electrons. The molecular weight excluding hydrogens is 232 g/mol. The Bertz CT molecular complexity index is 601. The molecule has 0 aliphatic heterocycles. The van der Waals surface area contributed by atoms with Crippen LogP contribution >= 0.6 is 0 Å². The van der Waals surface area contributed by atoms with Crippen LogP contribution in [0, 0.1) is 0 Å². The average Bonchev–Trinajstić information content (AvgIpc) is 2.73. The molecule has 2 rings (SSSR count). The number of amides is 1. The second kappa shape index (κ2) is 4.91. The third-order valence-electron chi connectivity index (χ3n) is 2.51. The summed E-state index contributed by atoms with van der Waals surface area (Å²) >= 11 is 0. The van der Waals surface area contributed by atoms with Crippen LogP contribution in [0.3, 0.4) is 0 Å². The fraction of sp³-hybridized carbons (Fsp3) is 0.231. The van der Waals surface area contributed by atoms with Crippen LogP contribution in [-0.2, 0) is 9.53 Å². The lowest BCUT2D eigenvalue weighted by Crippen LogP contribution is -2.12. The van der Waals surface area contributed by atoms with Gasteiger partial charge in [-0.05, 0) is 25.1 Å². The number of hydrogen-bond acceptors (Lipinski definition) is 3. The number of carbonyl (C=O) groups excluding carboxylic acids is 2. The van der Waals surface area contributed by atoms with E-state index < -0.39 is 6.09 Å². The maximum atomic E-state index is 11.7. The van der Waals surface area contributed by atoms with Crippen LogP contribution in [0.25, 0.3) is 10.9 Å². The van der Waals surface area contributed by atoms with Gasteiger partial charge in [0.2, 0.25) is 5.91 Å². The molecule has 18 heavy (non-hydrogen) atoms. The van der Waals surface area contributed by atoms with Crippen molar-refractivity contribution in [3.8, 4) is 0 Å². The zero-order valence-corrected chi connectivity index (χ0v) is 10.3. The molecule has 0 unspecified atom stereocenters. The molecule has 0 aliphatic carbocycles. The molecule has 2 aromatic rings. The van der Waals surface area contributed by atoms with Gasteiger partial charge in [-0.2, -0.15) is 0 Å². The highest BCUT2D eigenvalue weighted by Gasteiger charge is 2.11. The summed E-state index contributed by atoms with van der Waals surface area (Å²) in [6.07, 6.45) is 1.21. The summed E-state index contributed by atoms with van der Waals surface area (Å²) in [5, 5.41) is 3.53. The van der Waals surface area contributed by atoms with Crippen LogP contribution < -0.4 is 5.32 Å². The maximum absolute atomic E-state index is 11.7. The lowest BCUT2D eigenvalue weighted by atomic mass is 10.2. The molecule has 5 nitrogen and oxygen atoms in total. The van der Waals surface area contributed by atoms with Crippen molar-refractivity contribution in [1.82, 2.24) is 4.57 Å². The molecule has 0 atom stereocenters. The number of carbonyl (C=O) groups is 2. The number of aromatic nitrogens is 1. The Morgan fingerprint density at radius 1 is 1.33 bits per heavy atom. The second-order valence-electron chi connectivity index (χ2n) is 3.80. The number of fused-ring (bicyclic) bond motifs is 1. The minimum absolute atomic E-state index is 0.147. The molecule has 0 fully saturated rings. The van der Waals surface area contributed by atoms with E-state index in [0.717, 1.165) is 5.39 Å². The number of nitrogens with one attached hydrogen (secondary N) is 1. The van der Waals surface area contributed by atoms with E-state index >= 15 is 0 Å². The minimum Gasteiger partial charge on any atom is -0.449 e. The molecule has 5 heteroatoms.